The van der Waals surface area contributed by atoms with E-state index >= 15 is 0 Å². The van der Waals surface area contributed by atoms with Crippen LogP contribution in [0.3, 0.4) is 0 Å². The standard InChI is InChI=1S/C30H63O3P.5C10H22/c1-3-5-7-9-11-13-15-17-19-21-23-25-27-29-32-34(31)33-30-28-26-24-22-20-18-16-14-12-10-8-6-4-2;5*1-3-5-7-9-10-8-6-4-2/h34H,3-30H2,1-2H3;5*3-10H2,1-2H3. The van der Waals surface area contributed by atoms with Crippen molar-refractivity contribution in [1.29, 1.82) is 0 Å². The molecule has 3 nitrogen and oxygen atoms in total. The van der Waals surface area contributed by atoms with Crippen molar-refractivity contribution in [2.24, 2.45) is 0 Å². The smallest absolute Gasteiger partial charge is 0.311 e. The minimum atomic E-state index is -2.27. The number of rotatable bonds is 65. The van der Waals surface area contributed by atoms with Crippen molar-refractivity contribution in [3.8, 4) is 0 Å². The minimum Gasteiger partial charge on any atom is -0.311 e. The summed E-state index contributed by atoms with van der Waals surface area (Å²) < 4.78 is 22.6. The van der Waals surface area contributed by atoms with E-state index in [2.05, 4.69) is 83.1 Å². The molecule has 0 aromatic carbocycles. The van der Waals surface area contributed by atoms with E-state index in [0.29, 0.717) is 13.2 Å². The van der Waals surface area contributed by atoms with Crippen molar-refractivity contribution in [3.05, 3.63) is 0 Å². The Labute approximate surface area is 539 Å². The normalized spacial score (nSPS) is 10.8. The van der Waals surface area contributed by atoms with Gasteiger partial charge in [-0.15, -0.1) is 0 Å². The molecule has 0 saturated carbocycles. The van der Waals surface area contributed by atoms with Crippen molar-refractivity contribution >= 4 is 8.25 Å². The lowest BCUT2D eigenvalue weighted by molar-refractivity contribution is 0.218. The molecule has 0 aliphatic carbocycles. The molecule has 0 radical (unpaired) electrons. The van der Waals surface area contributed by atoms with Crippen LogP contribution >= 0.6 is 8.25 Å². The van der Waals surface area contributed by atoms with Crippen molar-refractivity contribution in [3.63, 3.8) is 0 Å². The van der Waals surface area contributed by atoms with E-state index in [1.54, 1.807) is 0 Å². The molecule has 0 aromatic heterocycles. The summed E-state index contributed by atoms with van der Waals surface area (Å²) in [5.41, 5.74) is 0. The van der Waals surface area contributed by atoms with Gasteiger partial charge in [-0.05, 0) is 12.8 Å². The van der Waals surface area contributed by atoms with E-state index in [4.69, 9.17) is 9.05 Å². The van der Waals surface area contributed by atoms with Crippen molar-refractivity contribution in [2.75, 3.05) is 13.2 Å². The lowest BCUT2D eigenvalue weighted by Crippen LogP contribution is -1.92. The van der Waals surface area contributed by atoms with Crippen LogP contribution in [0.15, 0.2) is 0 Å². The highest BCUT2D eigenvalue weighted by molar-refractivity contribution is 7.33. The second kappa shape index (κ2) is 105. The summed E-state index contributed by atoms with van der Waals surface area (Å²) in [7, 11) is -2.27. The van der Waals surface area contributed by atoms with Crippen LogP contribution in [0.4, 0.5) is 0 Å². The summed E-state index contributed by atoms with van der Waals surface area (Å²) in [5, 5.41) is 0. The van der Waals surface area contributed by atoms with Crippen LogP contribution in [-0.4, -0.2) is 13.2 Å². The zero-order chi connectivity index (χ0) is 63.1. The molecule has 0 aliphatic rings. The monoisotopic (exact) mass is 1210 g/mol. The van der Waals surface area contributed by atoms with Crippen molar-refractivity contribution < 1.29 is 13.6 Å². The first-order chi connectivity index (χ1) is 41.4. The molecule has 0 spiro atoms. The summed E-state index contributed by atoms with van der Waals surface area (Å²) in [5.74, 6) is 0. The zero-order valence-corrected chi connectivity index (χ0v) is 62.8. The molecular weight excluding hydrogens is 1040 g/mol. The quantitative estimate of drug-likeness (QED) is 0.0450. The van der Waals surface area contributed by atoms with Gasteiger partial charge in [-0.1, -0.05) is 494 Å². The van der Waals surface area contributed by atoms with Gasteiger partial charge < -0.3 is 9.05 Å². The first-order valence-electron chi connectivity index (χ1n) is 40.2. The average molecular weight is 1210 g/mol. The Balaban J connectivity index is -0.000000247. The Morgan fingerprint density at radius 2 is 0.226 bits per heavy atom. The van der Waals surface area contributed by atoms with Gasteiger partial charge in [0.05, 0.1) is 13.2 Å². The van der Waals surface area contributed by atoms with Gasteiger partial charge in [0.15, 0.2) is 0 Å². The summed E-state index contributed by atoms with van der Waals surface area (Å²) in [6, 6.07) is 0. The van der Waals surface area contributed by atoms with Crippen LogP contribution in [0, 0.1) is 0 Å². The van der Waals surface area contributed by atoms with E-state index in [-0.39, 0.29) is 0 Å². The molecule has 0 atom stereocenters. The highest BCUT2D eigenvalue weighted by Gasteiger charge is 2.01. The third-order valence-corrected chi connectivity index (χ3v) is 17.6. The molecule has 0 amide bonds. The average Bonchev–Trinajstić information content (AvgIpc) is 3.50. The van der Waals surface area contributed by atoms with Crippen LogP contribution < -0.4 is 0 Å². The molecule has 0 bridgehead atoms. The first kappa shape index (κ1) is 95.3. The van der Waals surface area contributed by atoms with Crippen LogP contribution in [-0.2, 0) is 13.6 Å². The minimum absolute atomic E-state index is 0.591. The SMILES string of the molecule is CCCCCCCCCC.CCCCCCCCCC.CCCCCCCCCC.CCCCCCCCCC.CCCCCCCCCC.CCCCCCCCCCCCCCCO[PH](=O)OCCCCCCCCCCCCCCC. The molecule has 0 N–H and O–H groups in total. The van der Waals surface area contributed by atoms with Crippen molar-refractivity contribution in [2.45, 2.75) is 507 Å². The van der Waals surface area contributed by atoms with Gasteiger partial charge in [0.1, 0.15) is 0 Å². The maximum Gasteiger partial charge on any atom is 0.319 e. The molecule has 0 aliphatic heterocycles. The Bertz CT molecular complexity index is 805. The molecule has 84 heavy (non-hydrogen) atoms. The lowest BCUT2D eigenvalue weighted by Gasteiger charge is -2.06. The van der Waals surface area contributed by atoms with Crippen LogP contribution in [0.5, 0.6) is 0 Å². The van der Waals surface area contributed by atoms with Crippen LogP contribution in [0.1, 0.15) is 507 Å². The van der Waals surface area contributed by atoms with Gasteiger partial charge >= 0.3 is 8.25 Å². The summed E-state index contributed by atoms with van der Waals surface area (Å²) in [6.45, 7) is 28.4. The summed E-state index contributed by atoms with van der Waals surface area (Å²) in [4.78, 5) is 0. The first-order valence-corrected chi connectivity index (χ1v) is 41.4. The second-order valence-electron chi connectivity index (χ2n) is 26.0. The Morgan fingerprint density at radius 3 is 0.321 bits per heavy atom. The summed E-state index contributed by atoms with van der Waals surface area (Å²) in [6.07, 6.45) is 92.2. The van der Waals surface area contributed by atoms with E-state index in [0.717, 1.165) is 12.8 Å². The third kappa shape index (κ3) is 120. The molecule has 0 heterocycles. The highest BCUT2D eigenvalue weighted by Crippen LogP contribution is 2.25. The van der Waals surface area contributed by atoms with Crippen LogP contribution in [0.25, 0.3) is 0 Å². The fourth-order valence-electron chi connectivity index (χ4n) is 10.6. The molecule has 0 saturated heterocycles. The second-order valence-corrected chi connectivity index (χ2v) is 27.1. The third-order valence-electron chi connectivity index (χ3n) is 16.7. The molecule has 4 heteroatoms. The van der Waals surface area contributed by atoms with E-state index in [1.807, 2.05) is 0 Å². The molecule has 0 rings (SSSR count). The number of unbranched alkanes of at least 4 members (excludes halogenated alkanes) is 59. The van der Waals surface area contributed by atoms with Gasteiger partial charge in [-0.2, -0.15) is 0 Å². The number of hydrogen-bond donors (Lipinski definition) is 0. The molecule has 0 fully saturated rings. The highest BCUT2D eigenvalue weighted by atomic mass is 31.1. The van der Waals surface area contributed by atoms with Crippen LogP contribution in [0.2, 0.25) is 0 Å². The molecule has 0 unspecified atom stereocenters. The molecule has 516 valence electrons. The van der Waals surface area contributed by atoms with Crippen molar-refractivity contribution in [1.82, 2.24) is 0 Å². The zero-order valence-electron chi connectivity index (χ0n) is 61.8. The van der Waals surface area contributed by atoms with Gasteiger partial charge in [-0.25, -0.2) is 0 Å². The Morgan fingerprint density at radius 1 is 0.143 bits per heavy atom. The van der Waals surface area contributed by atoms with E-state index in [9.17, 15) is 4.57 Å². The van der Waals surface area contributed by atoms with Gasteiger partial charge in [0.2, 0.25) is 0 Å². The Hall–Kier alpha value is 0.150. The fourth-order valence-corrected chi connectivity index (χ4v) is 11.3. The topological polar surface area (TPSA) is 35.5 Å². The lowest BCUT2D eigenvalue weighted by atomic mass is 10.0. The molecular formula is C80H173O3P. The predicted octanol–water partition coefficient (Wildman–Crippen LogP) is 32.3. The predicted molar refractivity (Wildman–Crippen MR) is 394 cm³/mol. The van der Waals surface area contributed by atoms with E-state index in [1.165, 1.54) is 411 Å². The largest absolute Gasteiger partial charge is 0.319 e. The van der Waals surface area contributed by atoms with E-state index < -0.39 is 8.25 Å². The summed E-state index contributed by atoms with van der Waals surface area (Å²) >= 11 is 0. The van der Waals surface area contributed by atoms with Gasteiger partial charge in [0, 0.05) is 0 Å². The Kier molecular flexibility index (Phi) is 119. The van der Waals surface area contributed by atoms with Gasteiger partial charge in [0.25, 0.3) is 0 Å². The fraction of sp³-hybridized carbons (Fsp3) is 1.00. The molecule has 0 aromatic rings. The maximum absolute atomic E-state index is 11.8. The maximum atomic E-state index is 11.8. The number of hydrogen-bond acceptors (Lipinski definition) is 3. The van der Waals surface area contributed by atoms with Gasteiger partial charge in [-0.3, -0.25) is 4.57 Å².